The molecule has 0 bridgehead atoms. The van der Waals surface area contributed by atoms with Crippen molar-refractivity contribution in [2.24, 2.45) is 5.73 Å². The summed E-state index contributed by atoms with van der Waals surface area (Å²) >= 11 is 0. The quantitative estimate of drug-likeness (QED) is 0.802. The predicted octanol–water partition coefficient (Wildman–Crippen LogP) is 3.58. The molecule has 1 aromatic heterocycles. The number of primary amides is 1. The molecule has 2 N–H and O–H groups in total. The molecule has 3 aromatic rings. The number of hydrogen-bond donors (Lipinski definition) is 1. The Morgan fingerprint density at radius 2 is 1.86 bits per heavy atom. The standard InChI is InChI=1S/C17H15N3O2/c1-12-3-2-4-15(11-12)22-14-7-5-13(6-8-14)16-9-10-20(19-16)17(18)21/h2-11H,1H3,(H2,18,21). The van der Waals surface area contributed by atoms with Crippen LogP contribution in [0.4, 0.5) is 4.79 Å². The molecule has 1 amide bonds. The maximum atomic E-state index is 11.0. The number of hydrogen-bond acceptors (Lipinski definition) is 3. The molecule has 5 heteroatoms. The maximum absolute atomic E-state index is 11.0. The lowest BCUT2D eigenvalue weighted by Crippen LogP contribution is -2.19. The van der Waals surface area contributed by atoms with Crippen molar-refractivity contribution in [3.63, 3.8) is 0 Å². The lowest BCUT2D eigenvalue weighted by Gasteiger charge is -2.06. The number of rotatable bonds is 3. The van der Waals surface area contributed by atoms with Gasteiger partial charge in [-0.1, -0.05) is 12.1 Å². The molecule has 0 unspecified atom stereocenters. The van der Waals surface area contributed by atoms with E-state index in [0.717, 1.165) is 27.3 Å². The van der Waals surface area contributed by atoms with Gasteiger partial charge in [-0.05, 0) is 55.0 Å². The Hall–Kier alpha value is -3.08. The van der Waals surface area contributed by atoms with E-state index >= 15 is 0 Å². The van der Waals surface area contributed by atoms with Crippen molar-refractivity contribution in [1.29, 1.82) is 0 Å². The van der Waals surface area contributed by atoms with Crippen molar-refractivity contribution in [3.8, 4) is 22.8 Å². The van der Waals surface area contributed by atoms with Crippen molar-refractivity contribution in [2.45, 2.75) is 6.92 Å². The van der Waals surface area contributed by atoms with Gasteiger partial charge in [-0.15, -0.1) is 0 Å². The molecule has 110 valence electrons. The number of aryl methyl sites for hydroxylation is 1. The van der Waals surface area contributed by atoms with E-state index in [0.29, 0.717) is 5.69 Å². The third-order valence-electron chi connectivity index (χ3n) is 3.19. The molecule has 0 aliphatic carbocycles. The molecule has 0 aliphatic heterocycles. The van der Waals surface area contributed by atoms with Crippen LogP contribution in [0.15, 0.2) is 60.8 Å². The number of ether oxygens (including phenoxy) is 1. The van der Waals surface area contributed by atoms with Crippen molar-refractivity contribution in [1.82, 2.24) is 9.78 Å². The molecule has 22 heavy (non-hydrogen) atoms. The minimum atomic E-state index is -0.606. The van der Waals surface area contributed by atoms with Gasteiger partial charge in [-0.2, -0.15) is 9.78 Å². The summed E-state index contributed by atoms with van der Waals surface area (Å²) in [4.78, 5) is 11.0. The fourth-order valence-electron chi connectivity index (χ4n) is 2.11. The molecule has 0 saturated carbocycles. The van der Waals surface area contributed by atoms with Gasteiger partial charge in [0.1, 0.15) is 11.5 Å². The summed E-state index contributed by atoms with van der Waals surface area (Å²) in [7, 11) is 0. The first-order valence-corrected chi connectivity index (χ1v) is 6.82. The van der Waals surface area contributed by atoms with Crippen LogP contribution in [0, 0.1) is 6.92 Å². The van der Waals surface area contributed by atoms with Gasteiger partial charge in [0.25, 0.3) is 0 Å². The third-order valence-corrected chi connectivity index (χ3v) is 3.19. The van der Waals surface area contributed by atoms with Gasteiger partial charge in [0, 0.05) is 11.8 Å². The summed E-state index contributed by atoms with van der Waals surface area (Å²) in [6, 6.07) is 16.5. The average Bonchev–Trinajstić information content (AvgIpc) is 2.98. The van der Waals surface area contributed by atoms with E-state index < -0.39 is 6.03 Å². The van der Waals surface area contributed by atoms with Crippen LogP contribution in [0.2, 0.25) is 0 Å². The first-order chi connectivity index (χ1) is 10.6. The SMILES string of the molecule is Cc1cccc(Oc2ccc(-c3ccn(C(N)=O)n3)cc2)c1. The molecule has 1 heterocycles. The summed E-state index contributed by atoms with van der Waals surface area (Å²) in [5.41, 5.74) is 7.88. The lowest BCUT2D eigenvalue weighted by atomic mass is 10.1. The molecule has 0 fully saturated rings. The number of amides is 1. The summed E-state index contributed by atoms with van der Waals surface area (Å²) in [5.74, 6) is 1.54. The molecule has 0 radical (unpaired) electrons. The fourth-order valence-corrected chi connectivity index (χ4v) is 2.11. The van der Waals surface area contributed by atoms with Crippen LogP contribution < -0.4 is 10.5 Å². The normalized spacial score (nSPS) is 10.4. The van der Waals surface area contributed by atoms with Crippen molar-refractivity contribution in [2.75, 3.05) is 0 Å². The molecule has 0 atom stereocenters. The Labute approximate surface area is 127 Å². The average molecular weight is 293 g/mol. The number of nitrogens with zero attached hydrogens (tertiary/aromatic N) is 2. The van der Waals surface area contributed by atoms with Crippen LogP contribution in [0.3, 0.4) is 0 Å². The largest absolute Gasteiger partial charge is 0.457 e. The van der Waals surface area contributed by atoms with Crippen molar-refractivity contribution in [3.05, 3.63) is 66.4 Å². The highest BCUT2D eigenvalue weighted by Crippen LogP contribution is 2.25. The van der Waals surface area contributed by atoms with Crippen LogP contribution in [0.25, 0.3) is 11.3 Å². The van der Waals surface area contributed by atoms with Gasteiger partial charge in [0.15, 0.2) is 0 Å². The lowest BCUT2D eigenvalue weighted by molar-refractivity contribution is 0.248. The smallest absolute Gasteiger partial charge is 0.339 e. The fraction of sp³-hybridized carbons (Fsp3) is 0.0588. The monoisotopic (exact) mass is 293 g/mol. The van der Waals surface area contributed by atoms with Gasteiger partial charge < -0.3 is 10.5 Å². The van der Waals surface area contributed by atoms with Gasteiger partial charge in [0.2, 0.25) is 0 Å². The molecule has 0 saturated heterocycles. The third kappa shape index (κ3) is 2.98. The van der Waals surface area contributed by atoms with Crippen LogP contribution in [-0.2, 0) is 0 Å². The van der Waals surface area contributed by atoms with E-state index in [1.54, 1.807) is 6.07 Å². The molecular weight excluding hydrogens is 278 g/mol. The second-order valence-electron chi connectivity index (χ2n) is 4.93. The van der Waals surface area contributed by atoms with E-state index in [1.165, 1.54) is 6.20 Å². The van der Waals surface area contributed by atoms with Gasteiger partial charge in [-0.25, -0.2) is 4.79 Å². The molecule has 3 rings (SSSR count). The number of carbonyl (C=O) groups is 1. The molecule has 5 nitrogen and oxygen atoms in total. The van der Waals surface area contributed by atoms with E-state index in [9.17, 15) is 4.79 Å². The summed E-state index contributed by atoms with van der Waals surface area (Å²) in [5, 5.41) is 4.11. The maximum Gasteiger partial charge on any atom is 0.339 e. The molecular formula is C17H15N3O2. The zero-order chi connectivity index (χ0) is 15.5. The summed E-state index contributed by atoms with van der Waals surface area (Å²) in [6.07, 6.45) is 1.54. The number of nitrogens with two attached hydrogens (primary N) is 1. The molecule has 2 aromatic carbocycles. The summed E-state index contributed by atoms with van der Waals surface area (Å²) < 4.78 is 6.90. The molecule has 0 spiro atoms. The van der Waals surface area contributed by atoms with Gasteiger partial charge in [-0.3, -0.25) is 0 Å². The Balaban J connectivity index is 1.78. The van der Waals surface area contributed by atoms with Crippen LogP contribution in [-0.4, -0.2) is 15.8 Å². The number of benzene rings is 2. The zero-order valence-corrected chi connectivity index (χ0v) is 12.1. The van der Waals surface area contributed by atoms with Crippen molar-refractivity contribution >= 4 is 6.03 Å². The first-order valence-electron chi connectivity index (χ1n) is 6.82. The molecule has 0 aliphatic rings. The zero-order valence-electron chi connectivity index (χ0n) is 12.1. The highest BCUT2D eigenvalue weighted by Gasteiger charge is 2.06. The Morgan fingerprint density at radius 3 is 2.50 bits per heavy atom. The Kier molecular flexibility index (Phi) is 3.62. The van der Waals surface area contributed by atoms with Crippen molar-refractivity contribution < 1.29 is 9.53 Å². The second-order valence-corrected chi connectivity index (χ2v) is 4.93. The van der Waals surface area contributed by atoms with Crippen LogP contribution in [0.5, 0.6) is 11.5 Å². The Bertz CT molecular complexity index is 807. The summed E-state index contributed by atoms with van der Waals surface area (Å²) in [6.45, 7) is 2.02. The number of carbonyl (C=O) groups excluding carboxylic acids is 1. The predicted molar refractivity (Wildman–Crippen MR) is 83.9 cm³/mol. The minimum Gasteiger partial charge on any atom is -0.457 e. The van der Waals surface area contributed by atoms with E-state index in [1.807, 2.05) is 55.5 Å². The first kappa shape index (κ1) is 13.9. The number of aromatic nitrogens is 2. The highest BCUT2D eigenvalue weighted by atomic mass is 16.5. The highest BCUT2D eigenvalue weighted by molar-refractivity contribution is 5.74. The van der Waals surface area contributed by atoms with Crippen LogP contribution in [0.1, 0.15) is 5.56 Å². The van der Waals surface area contributed by atoms with Crippen LogP contribution >= 0.6 is 0 Å². The van der Waals surface area contributed by atoms with Gasteiger partial charge >= 0.3 is 6.03 Å². The van der Waals surface area contributed by atoms with E-state index in [4.69, 9.17) is 10.5 Å². The second kappa shape index (κ2) is 5.73. The minimum absolute atomic E-state index is 0.606. The van der Waals surface area contributed by atoms with E-state index in [-0.39, 0.29) is 0 Å². The van der Waals surface area contributed by atoms with Gasteiger partial charge in [0.05, 0.1) is 5.69 Å². The van der Waals surface area contributed by atoms with E-state index in [2.05, 4.69) is 5.10 Å². The topological polar surface area (TPSA) is 70.1 Å². The Morgan fingerprint density at radius 1 is 1.09 bits per heavy atom.